The number of rotatable bonds is 7. The van der Waals surface area contributed by atoms with Crippen molar-refractivity contribution in [3.8, 4) is 0 Å². The fourth-order valence-electron chi connectivity index (χ4n) is 4.35. The van der Waals surface area contributed by atoms with Gasteiger partial charge in [0.1, 0.15) is 6.17 Å². The SMILES string of the molecule is O=C(c1cn(C[C@@H]2C[C@H](F)CN2C(=O)CCCc2ccccc2)nn1)N1CCCC1. The minimum absolute atomic E-state index is 0.0236. The quantitative estimate of drug-likeness (QED) is 0.699. The van der Waals surface area contributed by atoms with Crippen LogP contribution in [0.5, 0.6) is 0 Å². The van der Waals surface area contributed by atoms with Crippen LogP contribution in [0.4, 0.5) is 4.39 Å². The summed E-state index contributed by atoms with van der Waals surface area (Å²) in [6.07, 6.45) is 4.87. The molecule has 8 heteroatoms. The smallest absolute Gasteiger partial charge is 0.276 e. The van der Waals surface area contributed by atoms with E-state index >= 15 is 0 Å². The second-order valence-electron chi connectivity index (χ2n) is 8.20. The second-order valence-corrected chi connectivity index (χ2v) is 8.20. The van der Waals surface area contributed by atoms with Crippen molar-refractivity contribution < 1.29 is 14.0 Å². The molecule has 7 nitrogen and oxygen atoms in total. The minimum atomic E-state index is -1.03. The molecule has 0 spiro atoms. The fourth-order valence-corrected chi connectivity index (χ4v) is 4.35. The van der Waals surface area contributed by atoms with E-state index in [4.69, 9.17) is 0 Å². The van der Waals surface area contributed by atoms with Crippen molar-refractivity contribution in [3.05, 3.63) is 47.8 Å². The average molecular weight is 413 g/mol. The lowest BCUT2D eigenvalue weighted by molar-refractivity contribution is -0.132. The van der Waals surface area contributed by atoms with Gasteiger partial charge in [0.15, 0.2) is 5.69 Å². The highest BCUT2D eigenvalue weighted by Gasteiger charge is 2.35. The summed E-state index contributed by atoms with van der Waals surface area (Å²) < 4.78 is 15.7. The predicted octanol–water partition coefficient (Wildman–Crippen LogP) is 2.48. The lowest BCUT2D eigenvalue weighted by Gasteiger charge is -2.24. The number of aromatic nitrogens is 3. The number of alkyl halides is 1. The molecular formula is C22H28FN5O2. The molecule has 0 bridgehead atoms. The van der Waals surface area contributed by atoms with E-state index in [1.165, 1.54) is 5.56 Å². The van der Waals surface area contributed by atoms with Crippen LogP contribution in [0.15, 0.2) is 36.5 Å². The van der Waals surface area contributed by atoms with Gasteiger partial charge >= 0.3 is 0 Å². The lowest BCUT2D eigenvalue weighted by atomic mass is 10.1. The number of likely N-dealkylation sites (tertiary alicyclic amines) is 2. The highest BCUT2D eigenvalue weighted by Crippen LogP contribution is 2.23. The third-order valence-electron chi connectivity index (χ3n) is 5.93. The Labute approximate surface area is 175 Å². The summed E-state index contributed by atoms with van der Waals surface area (Å²) in [6, 6.07) is 9.78. The Morgan fingerprint density at radius 1 is 1.13 bits per heavy atom. The highest BCUT2D eigenvalue weighted by molar-refractivity contribution is 5.92. The largest absolute Gasteiger partial charge is 0.337 e. The van der Waals surface area contributed by atoms with Gasteiger partial charge in [-0.2, -0.15) is 0 Å². The van der Waals surface area contributed by atoms with Crippen molar-refractivity contribution in [3.63, 3.8) is 0 Å². The van der Waals surface area contributed by atoms with Gasteiger partial charge in [0.25, 0.3) is 5.91 Å². The fraction of sp³-hybridized carbons (Fsp3) is 0.545. The van der Waals surface area contributed by atoms with Crippen LogP contribution in [0.25, 0.3) is 0 Å². The zero-order valence-corrected chi connectivity index (χ0v) is 17.1. The molecule has 2 fully saturated rings. The van der Waals surface area contributed by atoms with E-state index in [-0.39, 0.29) is 24.4 Å². The maximum atomic E-state index is 14.1. The van der Waals surface area contributed by atoms with Gasteiger partial charge in [0.2, 0.25) is 5.91 Å². The third-order valence-corrected chi connectivity index (χ3v) is 5.93. The van der Waals surface area contributed by atoms with Crippen LogP contribution in [0.3, 0.4) is 0 Å². The number of halogens is 1. The van der Waals surface area contributed by atoms with E-state index in [2.05, 4.69) is 10.3 Å². The Morgan fingerprint density at radius 3 is 2.67 bits per heavy atom. The highest BCUT2D eigenvalue weighted by atomic mass is 19.1. The van der Waals surface area contributed by atoms with Crippen molar-refractivity contribution in [1.82, 2.24) is 24.8 Å². The molecule has 1 aromatic carbocycles. The average Bonchev–Trinajstić information content (AvgIpc) is 3.50. The number of amides is 2. The maximum absolute atomic E-state index is 14.1. The third kappa shape index (κ3) is 4.86. The number of nitrogens with zero attached hydrogens (tertiary/aromatic N) is 5. The molecule has 0 N–H and O–H groups in total. The standard InChI is InChI=1S/C22H28FN5O2/c23-18-13-19(15-27-16-20(24-25-27)22(30)26-11-4-5-12-26)28(14-18)21(29)10-6-9-17-7-2-1-3-8-17/h1-3,7-8,16,18-19H,4-6,9-15H2/t18-,19-/m0/s1. The van der Waals surface area contributed by atoms with Gasteiger partial charge in [-0.3, -0.25) is 9.59 Å². The molecule has 3 heterocycles. The van der Waals surface area contributed by atoms with Gasteiger partial charge in [-0.15, -0.1) is 5.10 Å². The van der Waals surface area contributed by atoms with E-state index in [1.54, 1.807) is 20.7 Å². The van der Waals surface area contributed by atoms with E-state index < -0.39 is 6.17 Å². The number of hydrogen-bond donors (Lipinski definition) is 0. The first-order chi connectivity index (χ1) is 14.6. The Morgan fingerprint density at radius 2 is 1.90 bits per heavy atom. The monoisotopic (exact) mass is 413 g/mol. The van der Waals surface area contributed by atoms with Crippen LogP contribution < -0.4 is 0 Å². The molecule has 30 heavy (non-hydrogen) atoms. The normalized spacial score (nSPS) is 21.4. The first kappa shape index (κ1) is 20.5. The van der Waals surface area contributed by atoms with E-state index in [1.807, 2.05) is 30.3 Å². The van der Waals surface area contributed by atoms with Crippen molar-refractivity contribution in [1.29, 1.82) is 0 Å². The van der Waals surface area contributed by atoms with Gasteiger partial charge in [-0.1, -0.05) is 35.5 Å². The van der Waals surface area contributed by atoms with Crippen LogP contribution in [-0.2, 0) is 17.8 Å². The molecular weight excluding hydrogens is 385 g/mol. The first-order valence-corrected chi connectivity index (χ1v) is 10.8. The predicted molar refractivity (Wildman–Crippen MR) is 110 cm³/mol. The van der Waals surface area contributed by atoms with Crippen molar-refractivity contribution in [2.75, 3.05) is 19.6 Å². The molecule has 0 saturated carbocycles. The van der Waals surface area contributed by atoms with Gasteiger partial charge in [-0.05, 0) is 31.2 Å². The van der Waals surface area contributed by atoms with Crippen molar-refractivity contribution in [2.45, 2.75) is 57.3 Å². The molecule has 0 aliphatic carbocycles. The number of benzene rings is 1. The molecule has 2 saturated heterocycles. The van der Waals surface area contributed by atoms with E-state index in [0.717, 1.165) is 38.8 Å². The second kappa shape index (κ2) is 9.36. The van der Waals surface area contributed by atoms with Gasteiger partial charge in [0, 0.05) is 25.9 Å². The summed E-state index contributed by atoms with van der Waals surface area (Å²) in [5.41, 5.74) is 1.51. The maximum Gasteiger partial charge on any atom is 0.276 e. The molecule has 1 aromatic heterocycles. The molecule has 2 atom stereocenters. The Bertz CT molecular complexity index is 865. The molecule has 4 rings (SSSR count). The Kier molecular flexibility index (Phi) is 6.40. The summed E-state index contributed by atoms with van der Waals surface area (Å²) in [7, 11) is 0. The molecule has 0 radical (unpaired) electrons. The van der Waals surface area contributed by atoms with Crippen molar-refractivity contribution in [2.24, 2.45) is 0 Å². The van der Waals surface area contributed by atoms with Crippen LogP contribution in [0.2, 0.25) is 0 Å². The van der Waals surface area contributed by atoms with Crippen molar-refractivity contribution >= 4 is 11.8 Å². The minimum Gasteiger partial charge on any atom is -0.337 e. The molecule has 2 aromatic rings. The summed E-state index contributed by atoms with van der Waals surface area (Å²) >= 11 is 0. The molecule has 2 amide bonds. The first-order valence-electron chi connectivity index (χ1n) is 10.8. The van der Waals surface area contributed by atoms with Gasteiger partial charge in [0.05, 0.1) is 25.3 Å². The van der Waals surface area contributed by atoms with Gasteiger partial charge < -0.3 is 9.80 Å². The molecule has 0 unspecified atom stereocenters. The summed E-state index contributed by atoms with van der Waals surface area (Å²) in [4.78, 5) is 28.6. The lowest BCUT2D eigenvalue weighted by Crippen LogP contribution is -2.38. The van der Waals surface area contributed by atoms with Gasteiger partial charge in [-0.25, -0.2) is 9.07 Å². The number of carbonyl (C=O) groups excluding carboxylic acids is 2. The summed E-state index contributed by atoms with van der Waals surface area (Å²) in [5, 5.41) is 8.05. The molecule has 2 aliphatic rings. The topological polar surface area (TPSA) is 71.3 Å². The van der Waals surface area contributed by atoms with Crippen LogP contribution in [0.1, 0.15) is 48.2 Å². The Hall–Kier alpha value is -2.77. The summed E-state index contributed by atoms with van der Waals surface area (Å²) in [6.45, 7) is 1.99. The van der Waals surface area contributed by atoms with E-state index in [0.29, 0.717) is 25.1 Å². The summed E-state index contributed by atoms with van der Waals surface area (Å²) in [5.74, 6) is -0.132. The number of hydrogen-bond acceptors (Lipinski definition) is 4. The number of aryl methyl sites for hydroxylation is 1. The van der Waals surface area contributed by atoms with Crippen LogP contribution in [0, 0.1) is 0 Å². The van der Waals surface area contributed by atoms with Crippen LogP contribution >= 0.6 is 0 Å². The molecule has 2 aliphatic heterocycles. The van der Waals surface area contributed by atoms with E-state index in [9.17, 15) is 14.0 Å². The zero-order valence-electron chi connectivity index (χ0n) is 17.1. The van der Waals surface area contributed by atoms with Crippen LogP contribution in [-0.4, -0.2) is 68.5 Å². The molecule has 160 valence electrons. The Balaban J connectivity index is 1.32. The number of carbonyl (C=O) groups is 2. The zero-order chi connectivity index (χ0) is 20.9.